The van der Waals surface area contributed by atoms with Gasteiger partial charge in [0.05, 0.1) is 11.5 Å². The molecule has 4 rings (SSSR count). The van der Waals surface area contributed by atoms with Crippen LogP contribution in [0.2, 0.25) is 0 Å². The Morgan fingerprint density at radius 3 is 2.50 bits per heavy atom. The van der Waals surface area contributed by atoms with Gasteiger partial charge in [-0.3, -0.25) is 4.79 Å². The zero-order chi connectivity index (χ0) is 35.2. The minimum Gasteiger partial charge on any atom is -0.489 e. The van der Waals surface area contributed by atoms with Crippen LogP contribution in [0.25, 0.3) is 0 Å². The van der Waals surface area contributed by atoms with Crippen molar-refractivity contribution in [2.45, 2.75) is 49.2 Å². The highest BCUT2D eigenvalue weighted by atomic mass is 35.5. The molecule has 1 aliphatic carbocycles. The average Bonchev–Trinajstić information content (AvgIpc) is 3.76. The zero-order valence-electron chi connectivity index (χ0n) is 26.5. The van der Waals surface area contributed by atoms with Crippen LogP contribution in [0.3, 0.4) is 0 Å². The van der Waals surface area contributed by atoms with Gasteiger partial charge in [0.1, 0.15) is 6.10 Å². The third-order valence-corrected chi connectivity index (χ3v) is 11.5. The zero-order valence-corrected chi connectivity index (χ0v) is 29.7. The Morgan fingerprint density at radius 2 is 1.88 bits per heavy atom. The molecule has 0 N–H and O–H groups in total. The Bertz CT molecular complexity index is 1700. The number of hydrogen-bond donors (Lipinski definition) is 0. The van der Waals surface area contributed by atoms with Crippen molar-refractivity contribution in [1.82, 2.24) is 9.21 Å². The fourth-order valence-electron chi connectivity index (χ4n) is 4.81. The van der Waals surface area contributed by atoms with Crippen LogP contribution >= 0.6 is 35.0 Å². The number of esters is 1. The van der Waals surface area contributed by atoms with Crippen molar-refractivity contribution in [2.75, 3.05) is 33.0 Å². The third-order valence-electron chi connectivity index (χ3n) is 7.53. The molecule has 260 valence electrons. The van der Waals surface area contributed by atoms with Crippen LogP contribution in [-0.4, -0.2) is 74.5 Å². The van der Waals surface area contributed by atoms with Crippen LogP contribution in [0.5, 0.6) is 11.5 Å². The molecule has 1 saturated carbocycles. The molecule has 2 aliphatic rings. The van der Waals surface area contributed by atoms with E-state index in [1.165, 1.54) is 53.4 Å². The van der Waals surface area contributed by atoms with Crippen LogP contribution < -0.4 is 9.47 Å². The summed E-state index contributed by atoms with van der Waals surface area (Å²) in [5.74, 6) is -0.810. The third kappa shape index (κ3) is 9.32. The number of rotatable bonds is 15. The lowest BCUT2D eigenvalue weighted by Crippen LogP contribution is -2.40. The normalized spacial score (nSPS) is 18.2. The number of sulfonamides is 1. The van der Waals surface area contributed by atoms with E-state index in [9.17, 15) is 26.8 Å². The second kappa shape index (κ2) is 16.5. The quantitative estimate of drug-likeness (QED) is 0.138. The molecule has 2 aromatic carbocycles. The molecule has 0 radical (unpaired) electrons. The molecule has 0 aromatic heterocycles. The number of nitrogens with zero attached hydrogens (tertiary/aromatic N) is 2. The predicted octanol–water partition coefficient (Wildman–Crippen LogP) is 7.34. The highest BCUT2D eigenvalue weighted by Gasteiger charge is 2.42. The van der Waals surface area contributed by atoms with Crippen molar-refractivity contribution in [2.24, 2.45) is 5.92 Å². The largest absolute Gasteiger partial charge is 0.489 e. The van der Waals surface area contributed by atoms with E-state index in [4.69, 9.17) is 32.7 Å². The van der Waals surface area contributed by atoms with E-state index < -0.39 is 34.1 Å². The number of carbonyl (C=O) groups is 2. The van der Waals surface area contributed by atoms with Gasteiger partial charge >= 0.3 is 12.6 Å². The summed E-state index contributed by atoms with van der Waals surface area (Å²) in [7, 11) is -1.14. The molecule has 0 spiro atoms. The molecule has 15 heteroatoms. The average molecular weight is 746 g/mol. The Kier molecular flexibility index (Phi) is 13.0. The summed E-state index contributed by atoms with van der Waals surface area (Å²) in [5.41, 5.74) is 0.896. The van der Waals surface area contributed by atoms with Crippen molar-refractivity contribution >= 4 is 56.9 Å². The van der Waals surface area contributed by atoms with Crippen LogP contribution in [0.1, 0.15) is 48.2 Å². The minimum atomic E-state index is -4.25. The summed E-state index contributed by atoms with van der Waals surface area (Å²) in [6.45, 7) is 2.60. The number of alkyl halides is 2. The number of ether oxygens (including phenoxy) is 3. The van der Waals surface area contributed by atoms with E-state index in [1.807, 2.05) is 0 Å². The van der Waals surface area contributed by atoms with Crippen molar-refractivity contribution in [3.63, 3.8) is 0 Å². The lowest BCUT2D eigenvalue weighted by atomic mass is 9.99. The van der Waals surface area contributed by atoms with Crippen LogP contribution in [-0.2, 0) is 19.6 Å². The van der Waals surface area contributed by atoms with Gasteiger partial charge in [-0.25, -0.2) is 13.2 Å². The Morgan fingerprint density at radius 1 is 1.15 bits per heavy atom. The Balaban J connectivity index is 1.69. The number of carbonyl (C=O) groups excluding carboxylic acids is 2. The first-order chi connectivity index (χ1) is 22.8. The summed E-state index contributed by atoms with van der Waals surface area (Å²) in [5, 5.41) is -0.818. The highest BCUT2D eigenvalue weighted by molar-refractivity contribution is 8.02. The van der Waals surface area contributed by atoms with Gasteiger partial charge in [-0.15, -0.1) is 11.8 Å². The number of amides is 1. The Labute approximate surface area is 293 Å². The maximum atomic E-state index is 13.9. The van der Waals surface area contributed by atoms with Crippen molar-refractivity contribution in [3.8, 4) is 11.5 Å². The molecular weight excluding hydrogens is 709 g/mol. The lowest BCUT2D eigenvalue weighted by molar-refractivity contribution is -0.150. The molecule has 0 unspecified atom stereocenters. The molecular formula is C33H36Cl2F2N2O7S2. The van der Waals surface area contributed by atoms with Crippen molar-refractivity contribution in [1.29, 1.82) is 0 Å². The van der Waals surface area contributed by atoms with Crippen LogP contribution in [0.15, 0.2) is 81.7 Å². The summed E-state index contributed by atoms with van der Waals surface area (Å²) in [4.78, 5) is 27.6. The molecule has 1 heterocycles. The van der Waals surface area contributed by atoms with Crippen LogP contribution in [0, 0.1) is 5.92 Å². The van der Waals surface area contributed by atoms with Gasteiger partial charge < -0.3 is 19.1 Å². The lowest BCUT2D eigenvalue weighted by Gasteiger charge is -2.26. The minimum absolute atomic E-state index is 0.0138. The van der Waals surface area contributed by atoms with E-state index in [-0.39, 0.29) is 57.5 Å². The highest BCUT2D eigenvalue weighted by Crippen LogP contribution is 2.40. The molecule has 2 fully saturated rings. The molecule has 48 heavy (non-hydrogen) atoms. The standard InChI is InChI=1S/C33H36Cl2F2N2O7S2/c1-5-25(34)24(26(35)6-2)18-28(21-12-13-27(46-33(36)37)29(17-21)44-19-20-10-11-20)45-32(41)31-39(14-15-47-31)48(42,43)23-9-7-8-22(16-23)30(40)38(3)4/h5-9,12-13,16-17,20,28,31,33H,1,10-11,14-15,18-19H2,2-4H3/b25-24+,26-6+/t28-,31-/m0/s1. The number of hydrogen-bond acceptors (Lipinski definition) is 8. The predicted molar refractivity (Wildman–Crippen MR) is 182 cm³/mol. The monoisotopic (exact) mass is 744 g/mol. The summed E-state index contributed by atoms with van der Waals surface area (Å²) >= 11 is 14.0. The first kappa shape index (κ1) is 37.7. The van der Waals surface area contributed by atoms with E-state index >= 15 is 0 Å². The Hall–Kier alpha value is -3.10. The van der Waals surface area contributed by atoms with E-state index in [0.29, 0.717) is 22.8 Å². The van der Waals surface area contributed by atoms with Gasteiger partial charge in [-0.2, -0.15) is 13.1 Å². The van der Waals surface area contributed by atoms with Gasteiger partial charge in [0.25, 0.3) is 5.91 Å². The van der Waals surface area contributed by atoms with Gasteiger partial charge in [-0.1, -0.05) is 54.1 Å². The first-order valence-electron chi connectivity index (χ1n) is 15.0. The fourth-order valence-corrected chi connectivity index (χ4v) is 8.31. The smallest absolute Gasteiger partial charge is 0.387 e. The first-order valence-corrected chi connectivity index (χ1v) is 18.2. The van der Waals surface area contributed by atoms with E-state index in [2.05, 4.69) is 11.3 Å². The maximum Gasteiger partial charge on any atom is 0.387 e. The van der Waals surface area contributed by atoms with E-state index in [0.717, 1.165) is 28.9 Å². The molecule has 0 bridgehead atoms. The molecule has 2 aromatic rings. The SMILES string of the molecule is C=C/C(Cl)=C(C[C@H](OC(=O)[C@@H]1SCCN1S(=O)(=O)c1cccc(C(=O)N(C)C)c1)c1ccc(OC(F)F)c(OCC2CC2)c1)\C(Cl)=C/C. The number of thioether (sulfide) groups is 1. The topological polar surface area (TPSA) is 102 Å². The maximum absolute atomic E-state index is 13.9. The van der Waals surface area contributed by atoms with E-state index in [1.54, 1.807) is 27.1 Å². The summed E-state index contributed by atoms with van der Waals surface area (Å²) in [6.07, 6.45) is 3.69. The van der Waals surface area contributed by atoms with Crippen molar-refractivity contribution in [3.05, 3.63) is 88.0 Å². The molecule has 1 aliphatic heterocycles. The summed E-state index contributed by atoms with van der Waals surface area (Å²) < 4.78 is 71.7. The molecule has 9 nitrogen and oxygen atoms in total. The molecule has 2 atom stereocenters. The summed E-state index contributed by atoms with van der Waals surface area (Å²) in [6, 6.07) is 9.79. The second-order valence-corrected chi connectivity index (χ2v) is 15.1. The van der Waals surface area contributed by atoms with Gasteiger partial charge in [0.15, 0.2) is 16.9 Å². The van der Waals surface area contributed by atoms with Gasteiger partial charge in [-0.05, 0) is 67.2 Å². The molecule has 1 amide bonds. The van der Waals surface area contributed by atoms with Crippen molar-refractivity contribution < 1.29 is 41.0 Å². The van der Waals surface area contributed by atoms with Gasteiger partial charge in [0, 0.05) is 48.4 Å². The second-order valence-electron chi connectivity index (χ2n) is 11.2. The number of halogens is 4. The van der Waals surface area contributed by atoms with Gasteiger partial charge in [0.2, 0.25) is 10.0 Å². The van der Waals surface area contributed by atoms with Crippen LogP contribution in [0.4, 0.5) is 8.78 Å². The number of benzene rings is 2. The number of allylic oxidation sites excluding steroid dienone is 4. The fraction of sp³-hybridized carbons (Fsp3) is 0.394. The molecule has 1 saturated heterocycles.